The number of guanidine groups is 1. The molecule has 1 saturated carbocycles. The molecule has 0 aromatic carbocycles. The molecule has 7 nitrogen and oxygen atoms in total. The lowest BCUT2D eigenvalue weighted by molar-refractivity contribution is -0.120. The molecule has 1 aliphatic carbocycles. The van der Waals surface area contributed by atoms with Crippen LogP contribution in [0.1, 0.15) is 18.5 Å². The second-order valence-electron chi connectivity index (χ2n) is 6.17. The first kappa shape index (κ1) is 14.5. The average Bonchev–Trinajstić information content (AvgIpc) is 3.28. The number of hydrogen-bond acceptors (Lipinski definition) is 6. The Morgan fingerprint density at radius 2 is 2.00 bits per heavy atom. The quantitative estimate of drug-likeness (QED) is 0.827. The molecule has 1 unspecified atom stereocenters. The molecular formula is C15H18FN5O2. The normalized spacial score (nSPS) is 26.2. The van der Waals surface area contributed by atoms with Crippen molar-refractivity contribution >= 4 is 17.6 Å². The van der Waals surface area contributed by atoms with E-state index in [0.717, 1.165) is 38.2 Å². The molecule has 2 aliphatic heterocycles. The van der Waals surface area contributed by atoms with Gasteiger partial charge in [0.15, 0.2) is 6.39 Å². The number of carbonyl (C=O) groups excluding carboxylic acids is 1. The zero-order chi connectivity index (χ0) is 15.8. The highest BCUT2D eigenvalue weighted by Crippen LogP contribution is 2.34. The standard InChI is InChI=1S/C15H18FN5O2/c16-12-13(10-1-2-10)18-15(19-14(12)22)21-5-3-20(4-6-21)7-11-8-23-9-17-11/h8-10,12H,1-7H2. The minimum atomic E-state index is -1.64. The van der Waals surface area contributed by atoms with E-state index >= 15 is 0 Å². The van der Waals surface area contributed by atoms with Crippen molar-refractivity contribution in [2.75, 3.05) is 26.2 Å². The molecular weight excluding hydrogens is 301 g/mol. The van der Waals surface area contributed by atoms with Gasteiger partial charge < -0.3 is 9.32 Å². The molecule has 122 valence electrons. The third-order valence-corrected chi connectivity index (χ3v) is 4.44. The Kier molecular flexibility index (Phi) is 3.68. The summed E-state index contributed by atoms with van der Waals surface area (Å²) in [6.45, 7) is 3.78. The number of piperazine rings is 1. The largest absolute Gasteiger partial charge is 0.451 e. The number of hydrogen-bond donors (Lipinski definition) is 0. The summed E-state index contributed by atoms with van der Waals surface area (Å²) in [6, 6.07) is 0. The van der Waals surface area contributed by atoms with E-state index in [-0.39, 0.29) is 5.92 Å². The van der Waals surface area contributed by atoms with E-state index in [9.17, 15) is 9.18 Å². The van der Waals surface area contributed by atoms with Crippen LogP contribution in [-0.4, -0.2) is 64.7 Å². The minimum absolute atomic E-state index is 0.132. The summed E-state index contributed by atoms with van der Waals surface area (Å²) >= 11 is 0. The number of carbonyl (C=O) groups is 1. The van der Waals surface area contributed by atoms with Gasteiger partial charge in [-0.15, -0.1) is 0 Å². The van der Waals surface area contributed by atoms with Crippen molar-refractivity contribution in [1.82, 2.24) is 14.8 Å². The maximum Gasteiger partial charge on any atom is 0.289 e. The van der Waals surface area contributed by atoms with Crippen LogP contribution in [0, 0.1) is 5.92 Å². The van der Waals surface area contributed by atoms with Gasteiger partial charge in [0.1, 0.15) is 6.26 Å². The van der Waals surface area contributed by atoms with E-state index in [1.54, 1.807) is 6.26 Å². The molecule has 1 aromatic heterocycles. The molecule has 1 saturated heterocycles. The molecule has 0 N–H and O–H groups in total. The van der Waals surface area contributed by atoms with Gasteiger partial charge in [-0.2, -0.15) is 4.99 Å². The first-order valence-corrected chi connectivity index (χ1v) is 7.90. The van der Waals surface area contributed by atoms with Gasteiger partial charge in [0, 0.05) is 38.6 Å². The molecule has 3 aliphatic rings. The van der Waals surface area contributed by atoms with Crippen molar-refractivity contribution in [2.45, 2.75) is 25.6 Å². The Balaban J connectivity index is 1.40. The van der Waals surface area contributed by atoms with Crippen LogP contribution in [0.15, 0.2) is 27.1 Å². The molecule has 0 radical (unpaired) electrons. The molecule has 1 atom stereocenters. The van der Waals surface area contributed by atoms with Gasteiger partial charge >= 0.3 is 0 Å². The van der Waals surface area contributed by atoms with Gasteiger partial charge in [-0.05, 0) is 12.8 Å². The van der Waals surface area contributed by atoms with E-state index in [1.807, 2.05) is 4.90 Å². The highest BCUT2D eigenvalue weighted by atomic mass is 19.1. The number of aliphatic imine (C=N–C) groups is 2. The van der Waals surface area contributed by atoms with E-state index in [1.165, 1.54) is 6.39 Å². The third kappa shape index (κ3) is 3.03. The Bertz CT molecular complexity index is 645. The molecule has 0 bridgehead atoms. The van der Waals surface area contributed by atoms with Crippen LogP contribution in [-0.2, 0) is 11.3 Å². The zero-order valence-electron chi connectivity index (χ0n) is 12.7. The van der Waals surface area contributed by atoms with Crippen LogP contribution >= 0.6 is 0 Å². The fourth-order valence-electron chi connectivity index (χ4n) is 2.95. The topological polar surface area (TPSA) is 74.3 Å². The van der Waals surface area contributed by atoms with Crippen LogP contribution in [0.2, 0.25) is 0 Å². The Labute approximate surface area is 132 Å². The molecule has 0 spiro atoms. The zero-order valence-corrected chi connectivity index (χ0v) is 12.7. The monoisotopic (exact) mass is 319 g/mol. The van der Waals surface area contributed by atoms with Gasteiger partial charge in [0.25, 0.3) is 5.91 Å². The van der Waals surface area contributed by atoms with Crippen molar-refractivity contribution in [3.63, 3.8) is 0 Å². The summed E-state index contributed by atoms with van der Waals surface area (Å²) in [5, 5.41) is 0. The highest BCUT2D eigenvalue weighted by Gasteiger charge is 2.40. The number of alkyl halides is 1. The summed E-state index contributed by atoms with van der Waals surface area (Å²) in [4.78, 5) is 28.3. The van der Waals surface area contributed by atoms with E-state index in [2.05, 4.69) is 19.9 Å². The maximum absolute atomic E-state index is 13.9. The van der Waals surface area contributed by atoms with Gasteiger partial charge in [0.2, 0.25) is 12.1 Å². The summed E-state index contributed by atoms with van der Waals surface area (Å²) in [6.07, 6.45) is 3.27. The highest BCUT2D eigenvalue weighted by molar-refractivity contribution is 6.18. The lowest BCUT2D eigenvalue weighted by atomic mass is 10.1. The first-order chi connectivity index (χ1) is 11.2. The fraction of sp³-hybridized carbons (Fsp3) is 0.600. The number of halogens is 1. The van der Waals surface area contributed by atoms with E-state index in [0.29, 0.717) is 24.8 Å². The van der Waals surface area contributed by atoms with E-state index in [4.69, 9.17) is 4.42 Å². The Morgan fingerprint density at radius 1 is 1.22 bits per heavy atom. The van der Waals surface area contributed by atoms with Crippen molar-refractivity contribution in [1.29, 1.82) is 0 Å². The van der Waals surface area contributed by atoms with Gasteiger partial charge in [-0.3, -0.25) is 9.69 Å². The Morgan fingerprint density at radius 3 is 2.65 bits per heavy atom. The van der Waals surface area contributed by atoms with Crippen molar-refractivity contribution in [2.24, 2.45) is 15.9 Å². The summed E-state index contributed by atoms with van der Waals surface area (Å²) in [7, 11) is 0. The van der Waals surface area contributed by atoms with Gasteiger partial charge in [-0.25, -0.2) is 14.4 Å². The van der Waals surface area contributed by atoms with Crippen molar-refractivity contribution < 1.29 is 13.6 Å². The molecule has 8 heteroatoms. The van der Waals surface area contributed by atoms with Crippen LogP contribution in [0.4, 0.5) is 4.39 Å². The molecule has 2 fully saturated rings. The third-order valence-electron chi connectivity index (χ3n) is 4.44. The van der Waals surface area contributed by atoms with Gasteiger partial charge in [-0.1, -0.05) is 0 Å². The molecule has 23 heavy (non-hydrogen) atoms. The van der Waals surface area contributed by atoms with Crippen LogP contribution in [0.5, 0.6) is 0 Å². The maximum atomic E-state index is 13.9. The number of oxazole rings is 1. The Hall–Kier alpha value is -2.09. The average molecular weight is 319 g/mol. The lowest BCUT2D eigenvalue weighted by Gasteiger charge is -2.35. The molecule has 1 aromatic rings. The second-order valence-corrected chi connectivity index (χ2v) is 6.17. The second kappa shape index (κ2) is 5.84. The van der Waals surface area contributed by atoms with E-state index < -0.39 is 12.1 Å². The molecule has 1 amide bonds. The van der Waals surface area contributed by atoms with Crippen molar-refractivity contribution in [3.05, 3.63) is 18.4 Å². The number of nitrogens with zero attached hydrogens (tertiary/aromatic N) is 5. The molecule has 3 heterocycles. The number of rotatable bonds is 3. The lowest BCUT2D eigenvalue weighted by Crippen LogP contribution is -2.49. The van der Waals surface area contributed by atoms with Crippen molar-refractivity contribution in [3.8, 4) is 0 Å². The minimum Gasteiger partial charge on any atom is -0.451 e. The predicted molar refractivity (Wildman–Crippen MR) is 80.9 cm³/mol. The summed E-state index contributed by atoms with van der Waals surface area (Å²) < 4.78 is 18.9. The number of aromatic nitrogens is 1. The van der Waals surface area contributed by atoms with Crippen LogP contribution < -0.4 is 0 Å². The number of amides is 1. The predicted octanol–water partition coefficient (Wildman–Crippen LogP) is 0.877. The molecule has 4 rings (SSSR count). The summed E-state index contributed by atoms with van der Waals surface area (Å²) in [5.74, 6) is -0.193. The van der Waals surface area contributed by atoms with Crippen LogP contribution in [0.3, 0.4) is 0 Å². The first-order valence-electron chi connectivity index (χ1n) is 7.90. The SMILES string of the molecule is O=C1N=C(N2CCN(Cc3cocn3)CC2)N=C(C2CC2)C1F. The fourth-order valence-corrected chi connectivity index (χ4v) is 2.95. The summed E-state index contributed by atoms with van der Waals surface area (Å²) in [5.41, 5.74) is 1.28. The van der Waals surface area contributed by atoms with Gasteiger partial charge in [0.05, 0.1) is 11.4 Å². The van der Waals surface area contributed by atoms with Crippen LogP contribution in [0.25, 0.3) is 0 Å². The smallest absolute Gasteiger partial charge is 0.289 e.